The van der Waals surface area contributed by atoms with Gasteiger partial charge in [-0.15, -0.1) is 10.2 Å². The zero-order valence-corrected chi connectivity index (χ0v) is 17.8. The molecule has 2 aromatic heterocycles. The number of hydrogen-bond donors (Lipinski definition) is 0. The molecule has 0 aliphatic carbocycles. The highest BCUT2D eigenvalue weighted by Crippen LogP contribution is 2.28. The molecule has 8 heteroatoms. The van der Waals surface area contributed by atoms with Gasteiger partial charge in [-0.3, -0.25) is 4.90 Å². The summed E-state index contributed by atoms with van der Waals surface area (Å²) in [6.45, 7) is 6.67. The number of piperidine rings is 1. The van der Waals surface area contributed by atoms with Gasteiger partial charge in [0.1, 0.15) is 17.7 Å². The van der Waals surface area contributed by atoms with Crippen LogP contribution in [0.1, 0.15) is 53.1 Å². The van der Waals surface area contributed by atoms with Gasteiger partial charge in [-0.1, -0.05) is 18.2 Å². The number of para-hydroxylation sites is 1. The molecule has 0 bridgehead atoms. The molecule has 1 saturated heterocycles. The van der Waals surface area contributed by atoms with E-state index in [1.54, 1.807) is 12.5 Å². The Morgan fingerprint density at radius 3 is 2.87 bits per heavy atom. The Morgan fingerprint density at radius 2 is 2.13 bits per heavy atom. The number of hydrogen-bond acceptors (Lipinski definition) is 6. The minimum absolute atomic E-state index is 0.325. The van der Waals surface area contributed by atoms with E-state index in [9.17, 15) is 4.79 Å². The van der Waals surface area contributed by atoms with Crippen LogP contribution in [0.15, 0.2) is 36.8 Å². The van der Waals surface area contributed by atoms with E-state index < -0.39 is 0 Å². The SMILES string of the molecule is CCOC(=O)c1cnn(-c2ccccc2C)c1CN1CCCC(c2nncn2C)C1. The number of carbonyl (C=O) groups is 1. The van der Waals surface area contributed by atoms with Gasteiger partial charge >= 0.3 is 5.97 Å². The van der Waals surface area contributed by atoms with Gasteiger partial charge < -0.3 is 9.30 Å². The summed E-state index contributed by atoms with van der Waals surface area (Å²) in [5.41, 5.74) is 3.47. The van der Waals surface area contributed by atoms with Crippen molar-refractivity contribution in [3.05, 3.63) is 59.4 Å². The quantitative estimate of drug-likeness (QED) is 0.584. The van der Waals surface area contributed by atoms with E-state index in [-0.39, 0.29) is 5.97 Å². The number of aryl methyl sites for hydroxylation is 2. The number of carbonyl (C=O) groups excluding carboxylic acids is 1. The molecule has 4 rings (SSSR count). The van der Waals surface area contributed by atoms with Gasteiger partial charge in [-0.25, -0.2) is 9.48 Å². The average molecular weight is 409 g/mol. The number of nitrogens with zero attached hydrogens (tertiary/aromatic N) is 6. The van der Waals surface area contributed by atoms with Gasteiger partial charge in [-0.2, -0.15) is 5.10 Å². The van der Waals surface area contributed by atoms with Crippen molar-refractivity contribution in [1.29, 1.82) is 0 Å². The average Bonchev–Trinajstić information content (AvgIpc) is 3.35. The first kappa shape index (κ1) is 20.3. The number of benzene rings is 1. The molecular formula is C22H28N6O2. The Bertz CT molecular complexity index is 1020. The molecule has 3 aromatic rings. The van der Waals surface area contributed by atoms with Crippen molar-refractivity contribution in [3.63, 3.8) is 0 Å². The second-order valence-corrected chi connectivity index (χ2v) is 7.80. The molecule has 0 spiro atoms. The summed E-state index contributed by atoms with van der Waals surface area (Å²) in [5, 5.41) is 12.9. The molecule has 1 aliphatic rings. The normalized spacial score (nSPS) is 17.2. The molecule has 1 fully saturated rings. The molecular weight excluding hydrogens is 380 g/mol. The Balaban J connectivity index is 1.65. The zero-order chi connectivity index (χ0) is 21.1. The van der Waals surface area contributed by atoms with Crippen molar-refractivity contribution in [2.75, 3.05) is 19.7 Å². The van der Waals surface area contributed by atoms with E-state index in [4.69, 9.17) is 4.74 Å². The number of esters is 1. The minimum Gasteiger partial charge on any atom is -0.462 e. The van der Waals surface area contributed by atoms with Gasteiger partial charge in [-0.05, 0) is 44.9 Å². The third-order valence-electron chi connectivity index (χ3n) is 5.70. The van der Waals surface area contributed by atoms with Crippen LogP contribution in [0.3, 0.4) is 0 Å². The lowest BCUT2D eigenvalue weighted by atomic mass is 9.97. The lowest BCUT2D eigenvalue weighted by Crippen LogP contribution is -2.35. The molecule has 1 atom stereocenters. The van der Waals surface area contributed by atoms with Crippen LogP contribution < -0.4 is 0 Å². The van der Waals surface area contributed by atoms with Crippen LogP contribution in [0.2, 0.25) is 0 Å². The predicted molar refractivity (Wildman–Crippen MR) is 113 cm³/mol. The standard InChI is InChI=1S/C22H28N6O2/c1-4-30-22(29)18-12-24-28(19-10-6-5-8-16(19)2)20(18)14-27-11-7-9-17(13-27)21-25-23-15-26(21)3/h5-6,8,10,12,15,17H,4,7,9,11,13-14H2,1-3H3. The van der Waals surface area contributed by atoms with E-state index >= 15 is 0 Å². The highest BCUT2D eigenvalue weighted by Gasteiger charge is 2.28. The Labute approximate surface area is 176 Å². The summed E-state index contributed by atoms with van der Waals surface area (Å²) in [4.78, 5) is 15.0. The summed E-state index contributed by atoms with van der Waals surface area (Å²) in [7, 11) is 1.99. The van der Waals surface area contributed by atoms with E-state index in [1.807, 2.05) is 41.4 Å². The molecule has 0 N–H and O–H groups in total. The van der Waals surface area contributed by atoms with Crippen molar-refractivity contribution in [2.45, 2.75) is 39.2 Å². The number of ether oxygens (including phenoxy) is 1. The lowest BCUT2D eigenvalue weighted by Gasteiger charge is -2.32. The second kappa shape index (κ2) is 8.79. The van der Waals surface area contributed by atoms with Crippen LogP contribution >= 0.6 is 0 Å². The van der Waals surface area contributed by atoms with Crippen molar-refractivity contribution < 1.29 is 9.53 Å². The third kappa shape index (κ3) is 4.00. The third-order valence-corrected chi connectivity index (χ3v) is 5.70. The van der Waals surface area contributed by atoms with E-state index in [2.05, 4.69) is 33.2 Å². The molecule has 30 heavy (non-hydrogen) atoms. The maximum absolute atomic E-state index is 12.6. The molecule has 1 unspecified atom stereocenters. The van der Waals surface area contributed by atoms with Crippen LogP contribution in [0, 0.1) is 6.92 Å². The Morgan fingerprint density at radius 1 is 1.30 bits per heavy atom. The van der Waals surface area contributed by atoms with Crippen LogP contribution in [-0.4, -0.2) is 55.1 Å². The van der Waals surface area contributed by atoms with Crippen LogP contribution in [-0.2, 0) is 18.3 Å². The molecule has 0 radical (unpaired) electrons. The van der Waals surface area contributed by atoms with Crippen molar-refractivity contribution in [1.82, 2.24) is 29.4 Å². The summed E-state index contributed by atoms with van der Waals surface area (Å²) in [5.74, 6) is 1.01. The van der Waals surface area contributed by atoms with Gasteiger partial charge in [0, 0.05) is 26.1 Å². The topological polar surface area (TPSA) is 78.1 Å². The van der Waals surface area contributed by atoms with Crippen molar-refractivity contribution >= 4 is 5.97 Å². The Kier molecular flexibility index (Phi) is 5.94. The van der Waals surface area contributed by atoms with Gasteiger partial charge in [0.05, 0.1) is 24.2 Å². The summed E-state index contributed by atoms with van der Waals surface area (Å²) in [6.07, 6.45) is 5.54. The van der Waals surface area contributed by atoms with E-state index in [0.29, 0.717) is 24.6 Å². The smallest absolute Gasteiger partial charge is 0.341 e. The maximum atomic E-state index is 12.6. The fraction of sp³-hybridized carbons (Fsp3) is 0.455. The summed E-state index contributed by atoms with van der Waals surface area (Å²) in [6, 6.07) is 8.07. The second-order valence-electron chi connectivity index (χ2n) is 7.80. The summed E-state index contributed by atoms with van der Waals surface area (Å²) >= 11 is 0. The van der Waals surface area contributed by atoms with Gasteiger partial charge in [0.15, 0.2) is 0 Å². The predicted octanol–water partition coefficient (Wildman–Crippen LogP) is 2.87. The summed E-state index contributed by atoms with van der Waals surface area (Å²) < 4.78 is 9.18. The molecule has 158 valence electrons. The zero-order valence-electron chi connectivity index (χ0n) is 17.8. The first-order valence-corrected chi connectivity index (χ1v) is 10.4. The molecule has 0 saturated carbocycles. The highest BCUT2D eigenvalue weighted by molar-refractivity contribution is 5.90. The highest BCUT2D eigenvalue weighted by atomic mass is 16.5. The monoisotopic (exact) mass is 408 g/mol. The Hall–Kier alpha value is -3.00. The van der Waals surface area contributed by atoms with Crippen LogP contribution in [0.5, 0.6) is 0 Å². The minimum atomic E-state index is -0.325. The van der Waals surface area contributed by atoms with Crippen molar-refractivity contribution in [2.24, 2.45) is 7.05 Å². The van der Waals surface area contributed by atoms with Crippen LogP contribution in [0.4, 0.5) is 0 Å². The van der Waals surface area contributed by atoms with Gasteiger partial charge in [0.25, 0.3) is 0 Å². The molecule has 1 aliphatic heterocycles. The number of likely N-dealkylation sites (tertiary alicyclic amines) is 1. The number of rotatable bonds is 6. The van der Waals surface area contributed by atoms with Crippen LogP contribution in [0.25, 0.3) is 5.69 Å². The van der Waals surface area contributed by atoms with Crippen molar-refractivity contribution in [3.8, 4) is 5.69 Å². The molecule has 0 amide bonds. The van der Waals surface area contributed by atoms with Gasteiger partial charge in [0.2, 0.25) is 0 Å². The molecule has 1 aromatic carbocycles. The van der Waals surface area contributed by atoms with E-state index in [0.717, 1.165) is 48.7 Å². The lowest BCUT2D eigenvalue weighted by molar-refractivity contribution is 0.0523. The number of aromatic nitrogens is 5. The fourth-order valence-corrected chi connectivity index (χ4v) is 4.20. The molecule has 3 heterocycles. The maximum Gasteiger partial charge on any atom is 0.341 e. The fourth-order valence-electron chi connectivity index (χ4n) is 4.20. The van der Waals surface area contributed by atoms with E-state index in [1.165, 1.54) is 0 Å². The first-order chi connectivity index (χ1) is 14.6. The largest absolute Gasteiger partial charge is 0.462 e. The first-order valence-electron chi connectivity index (χ1n) is 10.4. The molecule has 8 nitrogen and oxygen atoms in total.